The maximum absolute atomic E-state index is 13.3. The second-order valence-corrected chi connectivity index (χ2v) is 8.63. The molecule has 0 saturated heterocycles. The predicted octanol–water partition coefficient (Wildman–Crippen LogP) is 4.71. The number of aromatic nitrogens is 1. The number of aryl methyl sites for hydroxylation is 1. The van der Waals surface area contributed by atoms with E-state index in [2.05, 4.69) is 4.98 Å². The van der Waals surface area contributed by atoms with E-state index in [1.165, 1.54) is 6.26 Å². The third kappa shape index (κ3) is 3.82. The maximum atomic E-state index is 13.3. The van der Waals surface area contributed by atoms with Crippen molar-refractivity contribution in [2.45, 2.75) is 23.4 Å². The number of oxazole rings is 1. The Bertz CT molecular complexity index is 1200. The highest BCUT2D eigenvalue weighted by Crippen LogP contribution is 2.35. The molecule has 0 atom stereocenters. The molecule has 29 heavy (non-hydrogen) atoms. The van der Waals surface area contributed by atoms with Crippen LogP contribution in [0.1, 0.15) is 11.1 Å². The molecule has 0 aliphatic heterocycles. The molecule has 0 radical (unpaired) electrons. The summed E-state index contributed by atoms with van der Waals surface area (Å²) in [6.07, 6.45) is 1.49. The molecular formula is C22H20N2O4S. The number of benzene rings is 2. The van der Waals surface area contributed by atoms with Crippen LogP contribution in [-0.2, 0) is 16.4 Å². The van der Waals surface area contributed by atoms with Gasteiger partial charge in [0.2, 0.25) is 20.7 Å². The van der Waals surface area contributed by atoms with Crippen LogP contribution in [0, 0.1) is 6.92 Å². The molecule has 0 saturated carbocycles. The van der Waals surface area contributed by atoms with Gasteiger partial charge in [-0.15, -0.1) is 0 Å². The fourth-order valence-electron chi connectivity index (χ4n) is 2.98. The predicted molar refractivity (Wildman–Crippen MR) is 109 cm³/mol. The van der Waals surface area contributed by atoms with Crippen LogP contribution in [-0.4, -0.2) is 20.4 Å². The quantitative estimate of drug-likeness (QED) is 0.460. The maximum Gasteiger partial charge on any atom is 0.266 e. The van der Waals surface area contributed by atoms with Gasteiger partial charge in [0.25, 0.3) is 5.89 Å². The minimum atomic E-state index is -3.88. The second-order valence-electron chi connectivity index (χ2n) is 6.76. The van der Waals surface area contributed by atoms with Gasteiger partial charge >= 0.3 is 0 Å². The molecule has 2 aromatic heterocycles. The zero-order valence-corrected chi connectivity index (χ0v) is 16.9. The zero-order valence-electron chi connectivity index (χ0n) is 16.1. The van der Waals surface area contributed by atoms with E-state index >= 15 is 0 Å². The van der Waals surface area contributed by atoms with Gasteiger partial charge in [-0.3, -0.25) is 0 Å². The number of rotatable bonds is 6. The SMILES string of the molecule is Cc1ccc(S(=O)(=O)c2nc(-c3ccco3)oc2N(C)Cc2ccccc2)cc1. The smallest absolute Gasteiger partial charge is 0.266 e. The number of hydrogen-bond donors (Lipinski definition) is 0. The summed E-state index contributed by atoms with van der Waals surface area (Å²) in [6.45, 7) is 2.37. The first-order chi connectivity index (χ1) is 13.9. The molecule has 0 aliphatic carbocycles. The molecule has 4 rings (SSSR count). The van der Waals surface area contributed by atoms with Crippen LogP contribution in [0.3, 0.4) is 0 Å². The van der Waals surface area contributed by atoms with Gasteiger partial charge in [-0.2, -0.15) is 4.98 Å². The van der Waals surface area contributed by atoms with Gasteiger partial charge in [0.05, 0.1) is 11.2 Å². The molecule has 148 valence electrons. The molecule has 2 heterocycles. The van der Waals surface area contributed by atoms with Crippen molar-refractivity contribution in [3.63, 3.8) is 0 Å². The lowest BCUT2D eigenvalue weighted by atomic mass is 10.2. The molecule has 4 aromatic rings. The summed E-state index contributed by atoms with van der Waals surface area (Å²) in [7, 11) is -2.11. The normalized spacial score (nSPS) is 11.5. The Morgan fingerprint density at radius 1 is 0.966 bits per heavy atom. The fourth-order valence-corrected chi connectivity index (χ4v) is 4.33. The van der Waals surface area contributed by atoms with E-state index < -0.39 is 9.84 Å². The Morgan fingerprint density at radius 2 is 1.69 bits per heavy atom. The van der Waals surface area contributed by atoms with E-state index in [0.29, 0.717) is 12.3 Å². The fraction of sp³-hybridized carbons (Fsp3) is 0.136. The topological polar surface area (TPSA) is 76.5 Å². The van der Waals surface area contributed by atoms with E-state index in [4.69, 9.17) is 8.83 Å². The van der Waals surface area contributed by atoms with Crippen molar-refractivity contribution in [1.29, 1.82) is 0 Å². The molecule has 0 N–H and O–H groups in total. The Kier molecular flexibility index (Phi) is 4.98. The van der Waals surface area contributed by atoms with Gasteiger partial charge in [-0.1, -0.05) is 48.0 Å². The van der Waals surface area contributed by atoms with Crippen molar-refractivity contribution in [2.24, 2.45) is 0 Å². The van der Waals surface area contributed by atoms with Gasteiger partial charge in [0, 0.05) is 13.6 Å². The Labute approximate surface area is 169 Å². The number of hydrogen-bond acceptors (Lipinski definition) is 6. The third-order valence-electron chi connectivity index (χ3n) is 4.51. The van der Waals surface area contributed by atoms with Crippen molar-refractivity contribution < 1.29 is 17.3 Å². The third-order valence-corrected chi connectivity index (χ3v) is 6.17. The van der Waals surface area contributed by atoms with E-state index in [9.17, 15) is 8.42 Å². The van der Waals surface area contributed by atoms with Gasteiger partial charge in [-0.25, -0.2) is 8.42 Å². The Hall–Kier alpha value is -3.32. The van der Waals surface area contributed by atoms with Crippen molar-refractivity contribution in [3.8, 4) is 11.7 Å². The van der Waals surface area contributed by atoms with E-state index in [0.717, 1.165) is 11.1 Å². The van der Waals surface area contributed by atoms with E-state index in [1.54, 1.807) is 48.3 Å². The van der Waals surface area contributed by atoms with Gasteiger partial charge < -0.3 is 13.7 Å². The van der Waals surface area contributed by atoms with E-state index in [-0.39, 0.29) is 21.7 Å². The van der Waals surface area contributed by atoms with Crippen molar-refractivity contribution in [3.05, 3.63) is 84.1 Å². The average molecular weight is 408 g/mol. The van der Waals surface area contributed by atoms with E-state index in [1.807, 2.05) is 37.3 Å². The summed E-state index contributed by atoms with van der Waals surface area (Å²) >= 11 is 0. The van der Waals surface area contributed by atoms with Gasteiger partial charge in [0.15, 0.2) is 5.76 Å². The molecule has 0 aliphatic rings. The summed E-state index contributed by atoms with van der Waals surface area (Å²) in [6, 6.07) is 19.8. The molecule has 0 unspecified atom stereocenters. The lowest BCUT2D eigenvalue weighted by Gasteiger charge is -2.17. The van der Waals surface area contributed by atoms with Gasteiger partial charge in [0.1, 0.15) is 0 Å². The second kappa shape index (κ2) is 7.60. The largest absolute Gasteiger partial charge is 0.459 e. The number of anilines is 1. The molecule has 7 heteroatoms. The summed E-state index contributed by atoms with van der Waals surface area (Å²) in [5, 5.41) is -0.133. The molecule has 0 spiro atoms. The molecular weight excluding hydrogens is 388 g/mol. The zero-order chi connectivity index (χ0) is 20.4. The Balaban J connectivity index is 1.80. The highest BCUT2D eigenvalue weighted by molar-refractivity contribution is 7.91. The summed E-state index contributed by atoms with van der Waals surface area (Å²) < 4.78 is 37.9. The van der Waals surface area contributed by atoms with Crippen LogP contribution in [0.5, 0.6) is 0 Å². The molecule has 6 nitrogen and oxygen atoms in total. The standard InChI is InChI=1S/C22H20N2O4S/c1-16-10-12-18(13-11-16)29(25,26)21-22(24(2)15-17-7-4-3-5-8-17)28-20(23-21)19-9-6-14-27-19/h3-14H,15H2,1-2H3. The number of sulfone groups is 1. The minimum Gasteiger partial charge on any atom is -0.459 e. The highest BCUT2D eigenvalue weighted by atomic mass is 32.2. The first-order valence-electron chi connectivity index (χ1n) is 9.06. The first-order valence-corrected chi connectivity index (χ1v) is 10.5. The van der Waals surface area contributed by atoms with Crippen LogP contribution < -0.4 is 4.90 Å². The van der Waals surface area contributed by atoms with Crippen LogP contribution in [0.4, 0.5) is 5.88 Å². The van der Waals surface area contributed by atoms with Crippen LogP contribution in [0.25, 0.3) is 11.7 Å². The number of nitrogens with zero attached hydrogens (tertiary/aromatic N) is 2. The van der Waals surface area contributed by atoms with Crippen LogP contribution in [0.15, 0.2) is 91.7 Å². The van der Waals surface area contributed by atoms with Crippen LogP contribution >= 0.6 is 0 Å². The summed E-state index contributed by atoms with van der Waals surface area (Å²) in [4.78, 5) is 6.19. The minimum absolute atomic E-state index is 0.121. The van der Waals surface area contributed by atoms with Crippen molar-refractivity contribution >= 4 is 15.7 Å². The lowest BCUT2D eigenvalue weighted by molar-refractivity contribution is 0.512. The molecule has 0 fully saturated rings. The average Bonchev–Trinajstić information content (AvgIpc) is 3.39. The summed E-state index contributed by atoms with van der Waals surface area (Å²) in [5.41, 5.74) is 1.99. The highest BCUT2D eigenvalue weighted by Gasteiger charge is 2.31. The van der Waals surface area contributed by atoms with Crippen molar-refractivity contribution in [1.82, 2.24) is 4.98 Å². The monoisotopic (exact) mass is 408 g/mol. The molecule has 2 aromatic carbocycles. The van der Waals surface area contributed by atoms with Crippen molar-refractivity contribution in [2.75, 3.05) is 11.9 Å². The first kappa shape index (κ1) is 19.0. The number of furan rings is 1. The molecule has 0 amide bonds. The molecule has 0 bridgehead atoms. The Morgan fingerprint density at radius 3 is 2.34 bits per heavy atom. The summed E-state index contributed by atoms with van der Waals surface area (Å²) in [5.74, 6) is 0.654. The van der Waals surface area contributed by atoms with Gasteiger partial charge in [-0.05, 0) is 36.8 Å². The van der Waals surface area contributed by atoms with Crippen LogP contribution in [0.2, 0.25) is 0 Å². The lowest BCUT2D eigenvalue weighted by Crippen LogP contribution is -2.18.